The van der Waals surface area contributed by atoms with Gasteiger partial charge >= 0.3 is 0 Å². The Morgan fingerprint density at radius 1 is 1.07 bits per heavy atom. The van der Waals surface area contributed by atoms with E-state index in [2.05, 4.69) is 55.7 Å². The predicted octanol–water partition coefficient (Wildman–Crippen LogP) is 4.96. The van der Waals surface area contributed by atoms with E-state index in [1.165, 1.54) is 44.3 Å². The van der Waals surface area contributed by atoms with Crippen molar-refractivity contribution >= 4 is 0 Å². The predicted molar refractivity (Wildman–Crippen MR) is 109 cm³/mol. The van der Waals surface area contributed by atoms with Crippen LogP contribution < -0.4 is 4.74 Å². The van der Waals surface area contributed by atoms with Gasteiger partial charge in [0.1, 0.15) is 17.0 Å². The molecule has 3 nitrogen and oxygen atoms in total. The molecule has 146 valence electrons. The first-order valence-corrected chi connectivity index (χ1v) is 10.7. The molecule has 0 amide bonds. The molecule has 2 fully saturated rings. The van der Waals surface area contributed by atoms with E-state index in [9.17, 15) is 0 Å². The van der Waals surface area contributed by atoms with Crippen molar-refractivity contribution in [2.45, 2.75) is 76.6 Å². The molecule has 0 unspecified atom stereocenters. The summed E-state index contributed by atoms with van der Waals surface area (Å²) in [7, 11) is 0. The Bertz CT molecular complexity index is 723. The number of nitrogens with zero attached hydrogens (tertiary/aromatic N) is 1. The van der Waals surface area contributed by atoms with Gasteiger partial charge in [0, 0.05) is 11.5 Å². The summed E-state index contributed by atoms with van der Waals surface area (Å²) in [5.74, 6) is 8.29. The fourth-order valence-electron chi connectivity index (χ4n) is 4.89. The van der Waals surface area contributed by atoms with Gasteiger partial charge in [-0.05, 0) is 65.6 Å². The zero-order chi connectivity index (χ0) is 18.9. The molecule has 0 saturated carbocycles. The topological polar surface area (TPSA) is 21.7 Å². The lowest BCUT2D eigenvalue weighted by Crippen LogP contribution is -2.50. The summed E-state index contributed by atoms with van der Waals surface area (Å²) in [5.41, 5.74) is 0.606. The summed E-state index contributed by atoms with van der Waals surface area (Å²) in [5, 5.41) is 0. The number of rotatable bonds is 1. The first kappa shape index (κ1) is 18.8. The van der Waals surface area contributed by atoms with Gasteiger partial charge < -0.3 is 9.47 Å². The zero-order valence-electron chi connectivity index (χ0n) is 17.1. The van der Waals surface area contributed by atoms with Crippen LogP contribution in [-0.4, -0.2) is 35.7 Å². The van der Waals surface area contributed by atoms with Crippen molar-refractivity contribution in [2.75, 3.05) is 19.6 Å². The van der Waals surface area contributed by atoms with Crippen LogP contribution in [0.5, 0.6) is 5.75 Å². The van der Waals surface area contributed by atoms with Crippen LogP contribution in [0.4, 0.5) is 0 Å². The number of para-hydroxylation sites is 1. The Kier molecular flexibility index (Phi) is 5.23. The smallest absolute Gasteiger partial charge is 0.126 e. The molecular formula is C24H33NO2. The van der Waals surface area contributed by atoms with Gasteiger partial charge in [-0.3, -0.25) is 4.90 Å². The third kappa shape index (κ3) is 4.03. The summed E-state index contributed by atoms with van der Waals surface area (Å²) in [6.07, 6.45) is 7.47. The molecule has 0 aromatic heterocycles. The number of benzene rings is 1. The number of ether oxygens (including phenoxy) is 2. The molecule has 0 N–H and O–H groups in total. The fourth-order valence-corrected chi connectivity index (χ4v) is 4.89. The lowest BCUT2D eigenvalue weighted by Gasteiger charge is -2.50. The number of fused-ring (bicyclic) bond motifs is 3. The molecular weight excluding hydrogens is 334 g/mol. The molecule has 3 heterocycles. The minimum Gasteiger partial charge on any atom is -0.487 e. The Morgan fingerprint density at radius 3 is 2.59 bits per heavy atom. The zero-order valence-corrected chi connectivity index (χ0v) is 17.1. The maximum atomic E-state index is 6.68. The number of likely N-dealkylation sites (tertiary alicyclic amines) is 1. The molecule has 0 radical (unpaired) electrons. The Hall–Kier alpha value is -1.50. The maximum absolute atomic E-state index is 6.68. The molecule has 3 heteroatoms. The van der Waals surface area contributed by atoms with Crippen molar-refractivity contribution in [1.82, 2.24) is 4.90 Å². The quantitative estimate of drug-likeness (QED) is 0.655. The second-order valence-electron chi connectivity index (χ2n) is 9.15. The van der Waals surface area contributed by atoms with E-state index in [0.29, 0.717) is 5.92 Å². The third-order valence-corrected chi connectivity index (χ3v) is 6.53. The first-order chi connectivity index (χ1) is 13.0. The van der Waals surface area contributed by atoms with Gasteiger partial charge in [0.2, 0.25) is 0 Å². The summed E-state index contributed by atoms with van der Waals surface area (Å²) >= 11 is 0. The van der Waals surface area contributed by atoms with E-state index in [-0.39, 0.29) is 17.3 Å². The van der Waals surface area contributed by atoms with Crippen molar-refractivity contribution in [1.29, 1.82) is 0 Å². The summed E-state index contributed by atoms with van der Waals surface area (Å²) in [6.45, 7) is 9.81. The minimum absolute atomic E-state index is 0.0659. The highest BCUT2D eigenvalue weighted by Crippen LogP contribution is 2.52. The van der Waals surface area contributed by atoms with Crippen LogP contribution in [0.25, 0.3) is 0 Å². The van der Waals surface area contributed by atoms with Gasteiger partial charge in [-0.15, -0.1) is 0 Å². The monoisotopic (exact) mass is 367 g/mol. The average molecular weight is 368 g/mol. The molecule has 3 aliphatic rings. The number of hydrogen-bond acceptors (Lipinski definition) is 3. The number of hydrogen-bond donors (Lipinski definition) is 0. The summed E-state index contributed by atoms with van der Waals surface area (Å²) < 4.78 is 13.0. The van der Waals surface area contributed by atoms with E-state index in [1.54, 1.807) is 0 Å². The lowest BCUT2D eigenvalue weighted by atomic mass is 9.73. The molecule has 4 rings (SSSR count). The van der Waals surface area contributed by atoms with Crippen LogP contribution in [0.3, 0.4) is 0 Å². The second-order valence-corrected chi connectivity index (χ2v) is 9.15. The molecule has 2 saturated heterocycles. The lowest BCUT2D eigenvalue weighted by molar-refractivity contribution is -0.169. The molecule has 0 spiro atoms. The highest BCUT2D eigenvalue weighted by Gasteiger charge is 2.49. The molecule has 27 heavy (non-hydrogen) atoms. The van der Waals surface area contributed by atoms with Gasteiger partial charge in [-0.2, -0.15) is 0 Å². The van der Waals surface area contributed by atoms with Crippen LogP contribution in [0.1, 0.15) is 71.0 Å². The van der Waals surface area contributed by atoms with E-state index >= 15 is 0 Å². The summed E-state index contributed by atoms with van der Waals surface area (Å²) in [6, 6.07) is 8.34. The fraction of sp³-hybridized carbons (Fsp3) is 0.667. The van der Waals surface area contributed by atoms with Gasteiger partial charge in [0.05, 0.1) is 12.6 Å². The third-order valence-electron chi connectivity index (χ3n) is 6.53. The molecule has 0 aliphatic carbocycles. The van der Waals surface area contributed by atoms with Gasteiger partial charge in [0.15, 0.2) is 0 Å². The van der Waals surface area contributed by atoms with Gasteiger partial charge in [0.25, 0.3) is 0 Å². The van der Waals surface area contributed by atoms with Crippen molar-refractivity contribution in [3.05, 3.63) is 29.8 Å². The SMILES string of the molecule is CC1(C)Oc2ccccc2[C@@H]2O[C@](C)(C#CCN3CCCCCC3)CC[C@H]21. The normalized spacial score (nSPS) is 32.9. The van der Waals surface area contributed by atoms with E-state index in [1.807, 2.05) is 6.07 Å². The Labute approximate surface area is 164 Å². The standard InChI is InChI=1S/C24H33NO2/c1-23(2)20-13-15-24(3,14-10-18-25-16-8-4-5-9-17-25)27-22(20)19-11-6-7-12-21(19)26-23/h6-7,11-12,20,22H,4-5,8-9,13,15-18H2,1-3H3/t20-,22+,24-/m1/s1. The second kappa shape index (κ2) is 7.49. The van der Waals surface area contributed by atoms with Crippen LogP contribution >= 0.6 is 0 Å². The van der Waals surface area contributed by atoms with Crippen LogP contribution in [0.15, 0.2) is 24.3 Å². The van der Waals surface area contributed by atoms with E-state index < -0.39 is 0 Å². The molecule has 1 aromatic carbocycles. The Balaban J connectivity index is 1.50. The first-order valence-electron chi connectivity index (χ1n) is 10.7. The van der Waals surface area contributed by atoms with Crippen molar-refractivity contribution in [2.24, 2.45) is 5.92 Å². The van der Waals surface area contributed by atoms with Crippen molar-refractivity contribution in [3.63, 3.8) is 0 Å². The van der Waals surface area contributed by atoms with Crippen LogP contribution in [-0.2, 0) is 4.74 Å². The average Bonchev–Trinajstić information content (AvgIpc) is 2.90. The molecule has 1 aromatic rings. The van der Waals surface area contributed by atoms with Crippen LogP contribution in [0, 0.1) is 17.8 Å². The van der Waals surface area contributed by atoms with Crippen molar-refractivity contribution < 1.29 is 9.47 Å². The maximum Gasteiger partial charge on any atom is 0.126 e. The molecule has 3 aliphatic heterocycles. The summed E-state index contributed by atoms with van der Waals surface area (Å²) in [4.78, 5) is 2.50. The highest BCUT2D eigenvalue weighted by atomic mass is 16.5. The van der Waals surface area contributed by atoms with Gasteiger partial charge in [-0.1, -0.05) is 42.9 Å². The van der Waals surface area contributed by atoms with Crippen molar-refractivity contribution in [3.8, 4) is 17.6 Å². The molecule has 3 atom stereocenters. The minimum atomic E-state index is -0.368. The van der Waals surface area contributed by atoms with Crippen LogP contribution in [0.2, 0.25) is 0 Å². The van der Waals surface area contributed by atoms with E-state index in [0.717, 1.165) is 25.1 Å². The Morgan fingerprint density at radius 2 is 1.81 bits per heavy atom. The largest absolute Gasteiger partial charge is 0.487 e. The van der Waals surface area contributed by atoms with Gasteiger partial charge in [-0.25, -0.2) is 0 Å². The van der Waals surface area contributed by atoms with E-state index in [4.69, 9.17) is 9.47 Å². The molecule has 0 bridgehead atoms. The highest BCUT2D eigenvalue weighted by molar-refractivity contribution is 5.39.